The number of carbonyl (C=O) groups is 2. The summed E-state index contributed by atoms with van der Waals surface area (Å²) in [6.07, 6.45) is 1.33. The van der Waals surface area contributed by atoms with E-state index in [9.17, 15) is 14.4 Å². The minimum absolute atomic E-state index is 0.0975. The van der Waals surface area contributed by atoms with Crippen molar-refractivity contribution in [1.82, 2.24) is 14.5 Å². The van der Waals surface area contributed by atoms with E-state index in [1.807, 2.05) is 0 Å². The number of nitrogens with one attached hydrogen (secondary N) is 1. The molecule has 2 heterocycles. The van der Waals surface area contributed by atoms with Gasteiger partial charge in [-0.1, -0.05) is 11.6 Å². The van der Waals surface area contributed by atoms with Gasteiger partial charge >= 0.3 is 0 Å². The zero-order valence-electron chi connectivity index (χ0n) is 15.2. The molecule has 3 rings (SSSR count). The zero-order valence-corrected chi connectivity index (χ0v) is 15.9. The Morgan fingerprint density at radius 1 is 1.30 bits per heavy atom. The average molecular weight is 389 g/mol. The van der Waals surface area contributed by atoms with Crippen molar-refractivity contribution >= 4 is 40.2 Å². The number of hydrogen-bond donors (Lipinski definition) is 1. The van der Waals surface area contributed by atoms with Crippen LogP contribution in [0.25, 0.3) is 11.1 Å². The molecule has 0 saturated carbocycles. The van der Waals surface area contributed by atoms with Crippen molar-refractivity contribution in [2.24, 2.45) is 7.05 Å². The predicted molar refractivity (Wildman–Crippen MR) is 101 cm³/mol. The largest absolute Gasteiger partial charge is 0.442 e. The summed E-state index contributed by atoms with van der Waals surface area (Å²) in [6, 6.07) is 4.58. The molecular weight excluding hydrogens is 372 g/mol. The second-order valence-corrected chi connectivity index (χ2v) is 6.63. The number of nitrogens with zero attached hydrogens (tertiary/aromatic N) is 3. The van der Waals surface area contributed by atoms with E-state index in [-0.39, 0.29) is 44.5 Å². The van der Waals surface area contributed by atoms with E-state index in [1.165, 1.54) is 35.0 Å². The highest BCUT2D eigenvalue weighted by atomic mass is 35.5. The van der Waals surface area contributed by atoms with E-state index >= 15 is 0 Å². The Morgan fingerprint density at radius 2 is 2.00 bits per heavy atom. The lowest BCUT2D eigenvalue weighted by atomic mass is 10.1. The van der Waals surface area contributed by atoms with Crippen molar-refractivity contribution in [3.63, 3.8) is 0 Å². The number of halogens is 1. The van der Waals surface area contributed by atoms with Gasteiger partial charge in [-0.3, -0.25) is 14.4 Å². The third kappa shape index (κ3) is 3.31. The maximum Gasteiger partial charge on any atom is 0.265 e. The smallest absolute Gasteiger partial charge is 0.265 e. The second-order valence-electron chi connectivity index (χ2n) is 6.22. The molecule has 0 aliphatic rings. The molecule has 1 aromatic carbocycles. The molecule has 9 heteroatoms. The monoisotopic (exact) mass is 388 g/mol. The van der Waals surface area contributed by atoms with Gasteiger partial charge in [0.2, 0.25) is 5.71 Å². The summed E-state index contributed by atoms with van der Waals surface area (Å²) >= 11 is 6.09. The third-order valence-corrected chi connectivity index (χ3v) is 4.37. The summed E-state index contributed by atoms with van der Waals surface area (Å²) in [5.41, 5.74) is 0.436. The van der Waals surface area contributed by atoms with Crippen LogP contribution in [0, 0.1) is 6.92 Å². The van der Waals surface area contributed by atoms with Crippen LogP contribution < -0.4 is 10.9 Å². The van der Waals surface area contributed by atoms with Crippen molar-refractivity contribution in [3.8, 4) is 0 Å². The van der Waals surface area contributed by atoms with Gasteiger partial charge in [-0.15, -0.1) is 0 Å². The molecule has 0 radical (unpaired) electrons. The molecule has 0 atom stereocenters. The first-order chi connectivity index (χ1) is 12.7. The highest BCUT2D eigenvalue weighted by molar-refractivity contribution is 6.34. The zero-order chi connectivity index (χ0) is 19.9. The number of fused-ring (bicyclic) bond motifs is 1. The number of furan rings is 1. The Labute approximate surface area is 159 Å². The Hall–Kier alpha value is -3.13. The first kappa shape index (κ1) is 18.7. The first-order valence-electron chi connectivity index (χ1n) is 7.98. The summed E-state index contributed by atoms with van der Waals surface area (Å²) in [5, 5.41) is 3.06. The van der Waals surface area contributed by atoms with E-state index in [4.69, 9.17) is 16.0 Å². The SMILES string of the molecule is Cc1oc2ncn(C)c(=O)c2c1C(=O)Nc1ccc(Cl)c(C(=O)N(C)C)c1. The Balaban J connectivity index is 2.02. The Kier molecular flexibility index (Phi) is 4.75. The number of amides is 2. The van der Waals surface area contributed by atoms with E-state index in [0.29, 0.717) is 5.69 Å². The minimum Gasteiger partial charge on any atom is -0.442 e. The van der Waals surface area contributed by atoms with Crippen molar-refractivity contribution in [1.29, 1.82) is 0 Å². The number of aromatic nitrogens is 2. The number of hydrogen-bond acceptors (Lipinski definition) is 5. The maximum absolute atomic E-state index is 12.8. The van der Waals surface area contributed by atoms with Gasteiger partial charge < -0.3 is 19.2 Å². The first-order valence-corrected chi connectivity index (χ1v) is 8.35. The average Bonchev–Trinajstić information content (AvgIpc) is 2.96. The number of anilines is 1. The van der Waals surface area contributed by atoms with Crippen LogP contribution in [0.4, 0.5) is 5.69 Å². The molecule has 1 N–H and O–H groups in total. The van der Waals surface area contributed by atoms with E-state index < -0.39 is 5.91 Å². The highest BCUT2D eigenvalue weighted by Gasteiger charge is 2.23. The van der Waals surface area contributed by atoms with Crippen molar-refractivity contribution in [2.45, 2.75) is 6.92 Å². The molecule has 0 unspecified atom stereocenters. The van der Waals surface area contributed by atoms with Crippen LogP contribution in [-0.4, -0.2) is 40.4 Å². The summed E-state index contributed by atoms with van der Waals surface area (Å²) in [4.78, 5) is 42.8. The normalized spacial score (nSPS) is 10.9. The quantitative estimate of drug-likeness (QED) is 0.743. The van der Waals surface area contributed by atoms with Gasteiger partial charge in [0.05, 0.1) is 16.1 Å². The van der Waals surface area contributed by atoms with Crippen molar-refractivity contribution < 1.29 is 14.0 Å². The lowest BCUT2D eigenvalue weighted by Crippen LogP contribution is -2.23. The number of rotatable bonds is 3. The lowest BCUT2D eigenvalue weighted by molar-refractivity contribution is 0.0827. The molecule has 140 valence electrons. The van der Waals surface area contributed by atoms with Gasteiger partial charge in [-0.25, -0.2) is 4.98 Å². The standard InChI is InChI=1S/C18H17ClN4O4/c1-9-13(14-16(27-9)20-8-23(4)18(14)26)15(24)21-10-5-6-12(19)11(7-10)17(25)22(2)3/h5-8H,1-4H3,(H,21,24). The van der Waals surface area contributed by atoms with Gasteiger partial charge in [-0.2, -0.15) is 0 Å². The molecule has 2 amide bonds. The summed E-state index contributed by atoms with van der Waals surface area (Å²) < 4.78 is 6.71. The van der Waals surface area contributed by atoms with Crippen LogP contribution >= 0.6 is 11.6 Å². The highest BCUT2D eigenvalue weighted by Crippen LogP contribution is 2.25. The van der Waals surface area contributed by atoms with Gasteiger partial charge in [0.15, 0.2) is 0 Å². The van der Waals surface area contributed by atoms with Gasteiger partial charge in [0.25, 0.3) is 17.4 Å². The third-order valence-electron chi connectivity index (χ3n) is 4.04. The van der Waals surface area contributed by atoms with Crippen LogP contribution in [-0.2, 0) is 7.05 Å². The van der Waals surface area contributed by atoms with Crippen LogP contribution in [0.2, 0.25) is 5.02 Å². The van der Waals surface area contributed by atoms with Crippen LogP contribution in [0.3, 0.4) is 0 Å². The van der Waals surface area contributed by atoms with Gasteiger partial charge in [0, 0.05) is 26.8 Å². The molecule has 8 nitrogen and oxygen atoms in total. The minimum atomic E-state index is -0.540. The molecule has 3 aromatic rings. The Morgan fingerprint density at radius 3 is 2.67 bits per heavy atom. The molecule has 0 saturated heterocycles. The number of aryl methyl sites for hydroxylation is 2. The van der Waals surface area contributed by atoms with E-state index in [1.54, 1.807) is 27.1 Å². The molecule has 0 aliphatic heterocycles. The molecule has 0 bridgehead atoms. The molecule has 2 aromatic heterocycles. The topological polar surface area (TPSA) is 97.4 Å². The van der Waals surface area contributed by atoms with E-state index in [2.05, 4.69) is 10.3 Å². The molecule has 0 fully saturated rings. The number of carbonyl (C=O) groups excluding carboxylic acids is 2. The predicted octanol–water partition coefficient (Wildman–Crippen LogP) is 2.44. The number of benzene rings is 1. The molecule has 0 aliphatic carbocycles. The second kappa shape index (κ2) is 6.88. The van der Waals surface area contributed by atoms with Crippen molar-refractivity contribution in [2.75, 3.05) is 19.4 Å². The van der Waals surface area contributed by atoms with E-state index in [0.717, 1.165) is 0 Å². The van der Waals surface area contributed by atoms with Gasteiger partial charge in [-0.05, 0) is 25.1 Å². The van der Waals surface area contributed by atoms with Crippen LogP contribution in [0.5, 0.6) is 0 Å². The maximum atomic E-state index is 12.8. The van der Waals surface area contributed by atoms with Crippen molar-refractivity contribution in [3.05, 3.63) is 56.8 Å². The molecule has 0 spiro atoms. The fraction of sp³-hybridized carbons (Fsp3) is 0.222. The lowest BCUT2D eigenvalue weighted by Gasteiger charge is -2.13. The fourth-order valence-corrected chi connectivity index (χ4v) is 2.86. The van der Waals surface area contributed by atoms with Crippen LogP contribution in [0.1, 0.15) is 26.5 Å². The van der Waals surface area contributed by atoms with Crippen LogP contribution in [0.15, 0.2) is 33.7 Å². The van der Waals surface area contributed by atoms with Gasteiger partial charge in [0.1, 0.15) is 17.5 Å². The Bertz CT molecular complexity index is 1130. The molecule has 27 heavy (non-hydrogen) atoms. The molecular formula is C18H17ClN4O4. The fourth-order valence-electron chi connectivity index (χ4n) is 2.66. The summed E-state index contributed by atoms with van der Waals surface area (Å²) in [5.74, 6) is -0.558. The summed E-state index contributed by atoms with van der Waals surface area (Å²) in [7, 11) is 4.75. The summed E-state index contributed by atoms with van der Waals surface area (Å²) in [6.45, 7) is 1.58.